The van der Waals surface area contributed by atoms with Crippen molar-refractivity contribution in [2.24, 2.45) is 0 Å². The monoisotopic (exact) mass is 208 g/mol. The molecule has 2 rings (SSSR count). The van der Waals surface area contributed by atoms with Gasteiger partial charge in [-0.15, -0.1) is 0 Å². The second kappa shape index (κ2) is 3.93. The molecule has 1 aromatic rings. The summed E-state index contributed by atoms with van der Waals surface area (Å²) in [6.07, 6.45) is 0.936. The van der Waals surface area contributed by atoms with Gasteiger partial charge in [-0.05, 0) is 17.5 Å². The van der Waals surface area contributed by atoms with Crippen molar-refractivity contribution < 1.29 is 14.2 Å². The summed E-state index contributed by atoms with van der Waals surface area (Å²) in [6.45, 7) is 0. The fraction of sp³-hybridized carbons (Fsp3) is 0.500. The number of hydrogen-bond acceptors (Lipinski definition) is 3. The van der Waals surface area contributed by atoms with E-state index < -0.39 is 5.97 Å². The smallest absolute Gasteiger partial charge is 0.289 e. The zero-order valence-corrected chi connectivity index (χ0v) is 9.32. The number of ether oxygens (including phenoxy) is 3. The minimum atomic E-state index is -0.936. The summed E-state index contributed by atoms with van der Waals surface area (Å²) in [6, 6.07) is 8.28. The lowest BCUT2D eigenvalue weighted by Crippen LogP contribution is -2.47. The summed E-state index contributed by atoms with van der Waals surface area (Å²) in [5, 5.41) is 0. The maximum atomic E-state index is 5.35. The summed E-state index contributed by atoms with van der Waals surface area (Å²) in [5.41, 5.74) is 2.60. The van der Waals surface area contributed by atoms with E-state index in [4.69, 9.17) is 14.2 Å². The Kier molecular flexibility index (Phi) is 2.78. The normalized spacial score (nSPS) is 19.5. The largest absolute Gasteiger partial charge is 0.330 e. The average Bonchev–Trinajstić information content (AvgIpc) is 2.27. The SMILES string of the molecule is COC(OC)(OC)C1Cc2ccccc21. The van der Waals surface area contributed by atoms with Gasteiger partial charge in [0.2, 0.25) is 0 Å². The Bertz CT molecular complexity index is 336. The Balaban J connectivity index is 2.28. The van der Waals surface area contributed by atoms with Crippen molar-refractivity contribution in [3.63, 3.8) is 0 Å². The Morgan fingerprint density at radius 2 is 1.67 bits per heavy atom. The van der Waals surface area contributed by atoms with Gasteiger partial charge in [-0.3, -0.25) is 0 Å². The average molecular weight is 208 g/mol. The van der Waals surface area contributed by atoms with E-state index in [1.165, 1.54) is 11.1 Å². The molecule has 0 saturated carbocycles. The van der Waals surface area contributed by atoms with Crippen molar-refractivity contribution in [2.75, 3.05) is 21.3 Å². The molecule has 1 aliphatic rings. The maximum Gasteiger partial charge on any atom is 0.289 e. The molecule has 1 aromatic carbocycles. The van der Waals surface area contributed by atoms with E-state index in [-0.39, 0.29) is 5.92 Å². The van der Waals surface area contributed by atoms with E-state index in [9.17, 15) is 0 Å². The summed E-state index contributed by atoms with van der Waals surface area (Å²) in [5.74, 6) is -0.775. The zero-order valence-electron chi connectivity index (χ0n) is 9.32. The van der Waals surface area contributed by atoms with Gasteiger partial charge in [0.1, 0.15) is 0 Å². The molecule has 1 aliphatic carbocycles. The fourth-order valence-corrected chi connectivity index (χ4v) is 2.25. The molecule has 0 bridgehead atoms. The van der Waals surface area contributed by atoms with Gasteiger partial charge in [0, 0.05) is 21.3 Å². The van der Waals surface area contributed by atoms with E-state index in [1.54, 1.807) is 21.3 Å². The van der Waals surface area contributed by atoms with E-state index >= 15 is 0 Å². The minimum absolute atomic E-state index is 0.161. The van der Waals surface area contributed by atoms with Crippen LogP contribution in [0.1, 0.15) is 17.0 Å². The molecule has 0 spiro atoms. The molecule has 82 valence electrons. The van der Waals surface area contributed by atoms with E-state index in [1.807, 2.05) is 12.1 Å². The first-order valence-electron chi connectivity index (χ1n) is 5.00. The van der Waals surface area contributed by atoms with E-state index in [0.717, 1.165) is 6.42 Å². The highest BCUT2D eigenvalue weighted by Gasteiger charge is 2.46. The summed E-state index contributed by atoms with van der Waals surface area (Å²) in [4.78, 5) is 0. The quantitative estimate of drug-likeness (QED) is 0.707. The van der Waals surface area contributed by atoms with Crippen LogP contribution in [0.25, 0.3) is 0 Å². The molecule has 0 saturated heterocycles. The van der Waals surface area contributed by atoms with Crippen LogP contribution in [-0.2, 0) is 20.6 Å². The molecule has 0 N–H and O–H groups in total. The van der Waals surface area contributed by atoms with Crippen LogP contribution in [0.15, 0.2) is 24.3 Å². The molecule has 0 aromatic heterocycles. The Labute approximate surface area is 90.0 Å². The Morgan fingerprint density at radius 1 is 1.07 bits per heavy atom. The lowest BCUT2D eigenvalue weighted by atomic mass is 9.76. The third-order valence-electron chi connectivity index (χ3n) is 3.13. The van der Waals surface area contributed by atoms with Gasteiger partial charge in [0.05, 0.1) is 5.92 Å². The highest BCUT2D eigenvalue weighted by atomic mass is 16.9. The molecule has 3 heteroatoms. The second-order valence-electron chi connectivity index (χ2n) is 3.67. The van der Waals surface area contributed by atoms with Crippen LogP contribution < -0.4 is 0 Å². The third kappa shape index (κ3) is 1.47. The fourth-order valence-electron chi connectivity index (χ4n) is 2.25. The third-order valence-corrected chi connectivity index (χ3v) is 3.13. The van der Waals surface area contributed by atoms with Gasteiger partial charge in [0.15, 0.2) is 0 Å². The van der Waals surface area contributed by atoms with Gasteiger partial charge >= 0.3 is 0 Å². The highest BCUT2D eigenvalue weighted by molar-refractivity contribution is 5.41. The van der Waals surface area contributed by atoms with Gasteiger partial charge in [-0.2, -0.15) is 0 Å². The van der Waals surface area contributed by atoms with Crippen LogP contribution in [-0.4, -0.2) is 27.3 Å². The molecule has 1 atom stereocenters. The molecule has 0 amide bonds. The number of hydrogen-bond donors (Lipinski definition) is 0. The van der Waals surface area contributed by atoms with Crippen molar-refractivity contribution in [1.82, 2.24) is 0 Å². The molecule has 0 heterocycles. The van der Waals surface area contributed by atoms with Gasteiger partial charge in [-0.1, -0.05) is 24.3 Å². The van der Waals surface area contributed by atoms with Crippen LogP contribution >= 0.6 is 0 Å². The van der Waals surface area contributed by atoms with Crippen LogP contribution in [0.5, 0.6) is 0 Å². The molecule has 0 radical (unpaired) electrons. The van der Waals surface area contributed by atoms with Crippen molar-refractivity contribution in [1.29, 1.82) is 0 Å². The number of benzene rings is 1. The first-order chi connectivity index (χ1) is 7.27. The van der Waals surface area contributed by atoms with Crippen LogP contribution in [0.2, 0.25) is 0 Å². The molecule has 3 nitrogen and oxygen atoms in total. The molecule has 0 fully saturated rings. The molecular weight excluding hydrogens is 192 g/mol. The topological polar surface area (TPSA) is 27.7 Å². The number of fused-ring (bicyclic) bond motifs is 1. The molecule has 0 aliphatic heterocycles. The van der Waals surface area contributed by atoms with Crippen LogP contribution in [0.4, 0.5) is 0 Å². The minimum Gasteiger partial charge on any atom is -0.330 e. The first-order valence-corrected chi connectivity index (χ1v) is 5.00. The van der Waals surface area contributed by atoms with Gasteiger partial charge < -0.3 is 14.2 Å². The zero-order chi connectivity index (χ0) is 10.9. The van der Waals surface area contributed by atoms with Crippen molar-refractivity contribution in [3.8, 4) is 0 Å². The molecular formula is C12H16O3. The summed E-state index contributed by atoms with van der Waals surface area (Å²) in [7, 11) is 4.82. The predicted molar refractivity (Wildman–Crippen MR) is 56.6 cm³/mol. The van der Waals surface area contributed by atoms with Crippen molar-refractivity contribution >= 4 is 0 Å². The predicted octanol–water partition coefficient (Wildman–Crippen LogP) is 1.92. The highest BCUT2D eigenvalue weighted by Crippen LogP contribution is 2.44. The summed E-state index contributed by atoms with van der Waals surface area (Å²) >= 11 is 0. The number of methoxy groups -OCH3 is 3. The summed E-state index contributed by atoms with van der Waals surface area (Å²) < 4.78 is 16.1. The lowest BCUT2D eigenvalue weighted by Gasteiger charge is -2.42. The Morgan fingerprint density at radius 3 is 2.20 bits per heavy atom. The maximum absolute atomic E-state index is 5.35. The number of rotatable bonds is 4. The van der Waals surface area contributed by atoms with Crippen molar-refractivity contribution in [3.05, 3.63) is 35.4 Å². The van der Waals surface area contributed by atoms with Crippen molar-refractivity contribution in [2.45, 2.75) is 18.3 Å². The van der Waals surface area contributed by atoms with Crippen LogP contribution in [0.3, 0.4) is 0 Å². The van der Waals surface area contributed by atoms with E-state index in [0.29, 0.717) is 0 Å². The standard InChI is InChI=1S/C12H16O3/c1-13-12(14-2,15-3)11-8-9-6-4-5-7-10(9)11/h4-7,11H,8H2,1-3H3. The lowest BCUT2D eigenvalue weighted by molar-refractivity contribution is -0.366. The van der Waals surface area contributed by atoms with Crippen LogP contribution in [0, 0.1) is 0 Å². The Hall–Kier alpha value is -0.900. The second-order valence-corrected chi connectivity index (χ2v) is 3.67. The van der Waals surface area contributed by atoms with E-state index in [2.05, 4.69) is 12.1 Å². The first kappa shape index (κ1) is 10.6. The van der Waals surface area contributed by atoms with Gasteiger partial charge in [-0.25, -0.2) is 0 Å². The molecule has 15 heavy (non-hydrogen) atoms. The van der Waals surface area contributed by atoms with Gasteiger partial charge in [0.25, 0.3) is 5.97 Å². The molecule has 1 unspecified atom stereocenters.